The average molecular weight is 358 g/mol. The maximum atomic E-state index is 12.1. The number of anilines is 1. The maximum Gasteiger partial charge on any atom is 0.352 e. The SMILES string of the molecule is CC(C)(O/N=C(/C=O)c1csc(N)n1)C(=O)OCC[Si](C)(C)C. The fourth-order valence-electron chi connectivity index (χ4n) is 1.36. The first-order chi connectivity index (χ1) is 10.5. The molecule has 0 saturated carbocycles. The molecule has 1 heterocycles. The predicted molar refractivity (Wildman–Crippen MR) is 93.4 cm³/mol. The molecule has 0 spiro atoms. The number of ether oxygens (including phenoxy) is 1. The number of rotatable bonds is 8. The lowest BCUT2D eigenvalue weighted by Gasteiger charge is -2.22. The molecule has 0 aliphatic carbocycles. The van der Waals surface area contributed by atoms with Gasteiger partial charge < -0.3 is 15.3 Å². The smallest absolute Gasteiger partial charge is 0.352 e. The van der Waals surface area contributed by atoms with Crippen molar-refractivity contribution in [2.24, 2.45) is 5.16 Å². The maximum absolute atomic E-state index is 12.1. The van der Waals surface area contributed by atoms with Crippen LogP contribution in [0.1, 0.15) is 19.5 Å². The van der Waals surface area contributed by atoms with Crippen LogP contribution in [0.25, 0.3) is 0 Å². The largest absolute Gasteiger partial charge is 0.463 e. The van der Waals surface area contributed by atoms with Crippen LogP contribution in [0.4, 0.5) is 5.13 Å². The van der Waals surface area contributed by atoms with Gasteiger partial charge in [-0.2, -0.15) is 0 Å². The van der Waals surface area contributed by atoms with Gasteiger partial charge in [-0.25, -0.2) is 9.78 Å². The normalized spacial score (nSPS) is 12.8. The van der Waals surface area contributed by atoms with Gasteiger partial charge in [0, 0.05) is 13.5 Å². The summed E-state index contributed by atoms with van der Waals surface area (Å²) in [6, 6.07) is 0.871. The predicted octanol–water partition coefficient (Wildman–Crippen LogP) is 2.30. The fraction of sp³-hybridized carbons (Fsp3) is 0.571. The summed E-state index contributed by atoms with van der Waals surface area (Å²) in [6.45, 7) is 10.0. The van der Waals surface area contributed by atoms with Crippen LogP contribution in [0.5, 0.6) is 0 Å². The first kappa shape index (κ1) is 19.3. The van der Waals surface area contributed by atoms with Crippen LogP contribution in [0.3, 0.4) is 0 Å². The van der Waals surface area contributed by atoms with Crippen molar-refractivity contribution < 1.29 is 19.2 Å². The van der Waals surface area contributed by atoms with E-state index in [4.69, 9.17) is 15.3 Å². The molecule has 0 radical (unpaired) electrons. The Morgan fingerprint density at radius 1 is 1.48 bits per heavy atom. The van der Waals surface area contributed by atoms with Crippen molar-refractivity contribution in [1.29, 1.82) is 0 Å². The van der Waals surface area contributed by atoms with Gasteiger partial charge >= 0.3 is 5.97 Å². The Labute approximate surface area is 140 Å². The van der Waals surface area contributed by atoms with E-state index in [-0.39, 0.29) is 5.71 Å². The molecule has 7 nitrogen and oxygen atoms in total. The third kappa shape index (κ3) is 6.49. The molecule has 1 aromatic heterocycles. The van der Waals surface area contributed by atoms with E-state index in [0.717, 1.165) is 6.04 Å². The van der Waals surface area contributed by atoms with E-state index in [0.29, 0.717) is 23.7 Å². The summed E-state index contributed by atoms with van der Waals surface area (Å²) in [4.78, 5) is 32.3. The van der Waals surface area contributed by atoms with Crippen LogP contribution in [-0.2, 0) is 19.2 Å². The molecular formula is C14H23N3O4SSi. The van der Waals surface area contributed by atoms with Crippen molar-refractivity contribution in [3.05, 3.63) is 11.1 Å². The minimum Gasteiger partial charge on any atom is -0.463 e. The number of aldehydes is 1. The van der Waals surface area contributed by atoms with Crippen LogP contribution in [0, 0.1) is 0 Å². The highest BCUT2D eigenvalue weighted by atomic mass is 32.1. The molecule has 0 aliphatic heterocycles. The van der Waals surface area contributed by atoms with Crippen LogP contribution < -0.4 is 5.73 Å². The third-order valence-corrected chi connectivity index (χ3v) is 5.22. The molecule has 9 heteroatoms. The zero-order valence-electron chi connectivity index (χ0n) is 14.1. The Bertz CT molecular complexity index is 593. The number of carbonyl (C=O) groups excluding carboxylic acids is 2. The quantitative estimate of drug-likeness (QED) is 0.252. The first-order valence-corrected chi connectivity index (χ1v) is 11.7. The lowest BCUT2D eigenvalue weighted by atomic mass is 10.1. The van der Waals surface area contributed by atoms with Crippen molar-refractivity contribution in [2.75, 3.05) is 12.3 Å². The summed E-state index contributed by atoms with van der Waals surface area (Å²) < 4.78 is 5.24. The summed E-state index contributed by atoms with van der Waals surface area (Å²) in [5, 5.41) is 5.63. The summed E-state index contributed by atoms with van der Waals surface area (Å²) in [5.74, 6) is -0.525. The number of hydrogen-bond acceptors (Lipinski definition) is 8. The lowest BCUT2D eigenvalue weighted by molar-refractivity contribution is -0.167. The highest BCUT2D eigenvalue weighted by Gasteiger charge is 2.33. The number of nitrogens with two attached hydrogens (primary N) is 1. The van der Waals surface area contributed by atoms with E-state index in [1.165, 1.54) is 25.2 Å². The number of thiazole rings is 1. The molecule has 0 amide bonds. The van der Waals surface area contributed by atoms with Crippen molar-refractivity contribution in [3.63, 3.8) is 0 Å². The summed E-state index contributed by atoms with van der Waals surface area (Å²) in [6.07, 6.45) is 0.501. The van der Waals surface area contributed by atoms with E-state index >= 15 is 0 Å². The number of nitrogen functional groups attached to an aromatic ring is 1. The van der Waals surface area contributed by atoms with Gasteiger partial charge in [0.1, 0.15) is 5.69 Å². The Balaban J connectivity index is 2.67. The molecule has 0 atom stereocenters. The van der Waals surface area contributed by atoms with Crippen molar-refractivity contribution in [3.8, 4) is 0 Å². The fourth-order valence-corrected chi connectivity index (χ4v) is 2.63. The van der Waals surface area contributed by atoms with Gasteiger partial charge in [-0.05, 0) is 19.9 Å². The van der Waals surface area contributed by atoms with E-state index in [2.05, 4.69) is 29.8 Å². The number of aromatic nitrogens is 1. The van der Waals surface area contributed by atoms with Crippen LogP contribution >= 0.6 is 11.3 Å². The Morgan fingerprint density at radius 2 is 2.13 bits per heavy atom. The molecular weight excluding hydrogens is 334 g/mol. The highest BCUT2D eigenvalue weighted by molar-refractivity contribution is 7.13. The van der Waals surface area contributed by atoms with Crippen LogP contribution in [0.2, 0.25) is 25.7 Å². The third-order valence-electron chi connectivity index (χ3n) is 2.85. The Morgan fingerprint density at radius 3 is 2.61 bits per heavy atom. The van der Waals surface area contributed by atoms with Gasteiger partial charge in [-0.3, -0.25) is 4.79 Å². The van der Waals surface area contributed by atoms with Gasteiger partial charge in [-0.15, -0.1) is 11.3 Å². The molecule has 23 heavy (non-hydrogen) atoms. The topological polar surface area (TPSA) is 104 Å². The monoisotopic (exact) mass is 357 g/mol. The molecule has 0 unspecified atom stereocenters. The molecule has 1 rings (SSSR count). The second kappa shape index (κ2) is 7.69. The first-order valence-electron chi connectivity index (χ1n) is 7.15. The van der Waals surface area contributed by atoms with Gasteiger partial charge in [0.2, 0.25) is 5.60 Å². The Kier molecular flexibility index (Phi) is 6.45. The molecule has 0 saturated heterocycles. The van der Waals surface area contributed by atoms with E-state index in [1.807, 2.05) is 0 Å². The molecule has 128 valence electrons. The number of oxime groups is 1. The van der Waals surface area contributed by atoms with Crippen molar-refractivity contribution in [2.45, 2.75) is 45.1 Å². The highest BCUT2D eigenvalue weighted by Crippen LogP contribution is 2.16. The van der Waals surface area contributed by atoms with E-state index in [9.17, 15) is 9.59 Å². The molecule has 2 N–H and O–H groups in total. The second-order valence-corrected chi connectivity index (χ2v) is 13.2. The van der Waals surface area contributed by atoms with Crippen LogP contribution in [-0.4, -0.2) is 43.2 Å². The molecule has 1 aromatic rings. The van der Waals surface area contributed by atoms with E-state index < -0.39 is 19.6 Å². The summed E-state index contributed by atoms with van der Waals surface area (Å²) in [7, 11) is -1.28. The van der Waals surface area contributed by atoms with Crippen molar-refractivity contribution in [1.82, 2.24) is 4.98 Å². The van der Waals surface area contributed by atoms with Crippen LogP contribution in [0.15, 0.2) is 10.5 Å². The molecule has 0 bridgehead atoms. The standard InChI is InChI=1S/C14H23N3O4SSi/c1-14(2,12(19)20-6-7-23(3,4)5)21-17-10(8-18)11-9-22-13(15)16-11/h8-9H,6-7H2,1-5H3,(H2,15,16)/b17-10-. The number of hydrogen-bond donors (Lipinski definition) is 1. The van der Waals surface area contributed by atoms with Gasteiger partial charge in [-0.1, -0.05) is 24.8 Å². The van der Waals surface area contributed by atoms with Crippen molar-refractivity contribution >= 4 is 42.5 Å². The second-order valence-electron chi connectivity index (χ2n) is 6.71. The van der Waals surface area contributed by atoms with Gasteiger partial charge in [0.05, 0.1) is 6.61 Å². The zero-order chi connectivity index (χ0) is 17.7. The number of carbonyl (C=O) groups is 2. The lowest BCUT2D eigenvalue weighted by Crippen LogP contribution is -2.36. The minimum atomic E-state index is -1.30. The molecule has 0 aliphatic rings. The average Bonchev–Trinajstić information content (AvgIpc) is 2.84. The molecule has 0 fully saturated rings. The number of esters is 1. The zero-order valence-corrected chi connectivity index (χ0v) is 15.9. The van der Waals surface area contributed by atoms with Gasteiger partial charge in [0.15, 0.2) is 17.1 Å². The summed E-state index contributed by atoms with van der Waals surface area (Å²) in [5.41, 5.74) is 4.50. The van der Waals surface area contributed by atoms with E-state index in [1.54, 1.807) is 5.38 Å². The number of nitrogens with zero attached hydrogens (tertiary/aromatic N) is 2. The summed E-state index contributed by atoms with van der Waals surface area (Å²) >= 11 is 1.18. The minimum absolute atomic E-state index is 0.0269. The molecule has 0 aromatic carbocycles. The Hall–Kier alpha value is -1.74. The van der Waals surface area contributed by atoms with Gasteiger partial charge in [0.25, 0.3) is 0 Å².